The fourth-order valence-corrected chi connectivity index (χ4v) is 5.99. The molecule has 0 unspecified atom stereocenters. The number of hydrogen-bond acceptors (Lipinski definition) is 3. The molecule has 0 aliphatic heterocycles. The van der Waals surface area contributed by atoms with Gasteiger partial charge in [0.15, 0.2) is 0 Å². The van der Waals surface area contributed by atoms with Crippen LogP contribution in [0.2, 0.25) is 0 Å². The minimum absolute atomic E-state index is 0.657. The molecule has 3 heteroatoms. The molecule has 2 aromatic heterocycles. The molecule has 8 rings (SSSR count). The van der Waals surface area contributed by atoms with Crippen LogP contribution in [0.4, 0.5) is 17.1 Å². The second-order valence-electron chi connectivity index (χ2n) is 10.9. The Balaban J connectivity index is 1.24. The van der Waals surface area contributed by atoms with Crippen molar-refractivity contribution in [3.05, 3.63) is 170 Å². The number of aromatic nitrogens is 1. The van der Waals surface area contributed by atoms with Gasteiger partial charge < -0.3 is 9.32 Å². The molecule has 0 fully saturated rings. The Morgan fingerprint density at radius 3 is 1.59 bits per heavy atom. The predicted molar refractivity (Wildman–Crippen MR) is 183 cm³/mol. The van der Waals surface area contributed by atoms with E-state index in [1.54, 1.807) is 6.20 Å². The van der Waals surface area contributed by atoms with E-state index >= 15 is 0 Å². The Bertz CT molecular complexity index is 2120. The standard InChI is InChI=1S/C41H28N2O/c1-3-10-29(11-4-1)31-19-23-34(24-20-31)43(35-25-21-32(22-26-35)30-12-5-2-6-13-30)36-15-7-14-33(28-36)37-16-8-17-38-39-18-9-27-42-41(39)44-40(37)38/h1-28H. The van der Waals surface area contributed by atoms with E-state index < -0.39 is 0 Å². The van der Waals surface area contributed by atoms with Gasteiger partial charge in [-0.05, 0) is 76.3 Å². The van der Waals surface area contributed by atoms with Crippen molar-refractivity contribution in [2.45, 2.75) is 0 Å². The van der Waals surface area contributed by atoms with Crippen LogP contribution < -0.4 is 4.90 Å². The molecule has 0 amide bonds. The van der Waals surface area contributed by atoms with E-state index in [1.165, 1.54) is 22.3 Å². The van der Waals surface area contributed by atoms with Crippen molar-refractivity contribution < 1.29 is 4.42 Å². The highest BCUT2D eigenvalue weighted by molar-refractivity contribution is 6.08. The van der Waals surface area contributed by atoms with Crippen molar-refractivity contribution in [2.75, 3.05) is 4.90 Å². The monoisotopic (exact) mass is 564 g/mol. The van der Waals surface area contributed by atoms with Crippen molar-refractivity contribution in [1.29, 1.82) is 0 Å². The topological polar surface area (TPSA) is 29.3 Å². The summed E-state index contributed by atoms with van der Waals surface area (Å²) in [7, 11) is 0. The lowest BCUT2D eigenvalue weighted by molar-refractivity contribution is 0.655. The van der Waals surface area contributed by atoms with Gasteiger partial charge in [-0.3, -0.25) is 0 Å². The smallest absolute Gasteiger partial charge is 0.227 e. The molecule has 8 aromatic rings. The Hall–Kier alpha value is -5.93. The number of hydrogen-bond donors (Lipinski definition) is 0. The van der Waals surface area contributed by atoms with Crippen LogP contribution in [0.3, 0.4) is 0 Å². The largest absolute Gasteiger partial charge is 0.437 e. The van der Waals surface area contributed by atoms with Gasteiger partial charge in [-0.15, -0.1) is 0 Å². The van der Waals surface area contributed by atoms with Crippen molar-refractivity contribution >= 4 is 39.1 Å². The fourth-order valence-electron chi connectivity index (χ4n) is 5.99. The average Bonchev–Trinajstić information content (AvgIpc) is 3.49. The molecular formula is C41H28N2O. The van der Waals surface area contributed by atoms with E-state index in [-0.39, 0.29) is 0 Å². The fraction of sp³-hybridized carbons (Fsp3) is 0. The molecular weight excluding hydrogens is 536 g/mol. The number of nitrogens with zero attached hydrogens (tertiary/aromatic N) is 2. The summed E-state index contributed by atoms with van der Waals surface area (Å²) in [4.78, 5) is 6.77. The normalized spacial score (nSPS) is 11.2. The zero-order valence-electron chi connectivity index (χ0n) is 24.0. The molecule has 0 aliphatic carbocycles. The summed E-state index contributed by atoms with van der Waals surface area (Å²) in [6.45, 7) is 0. The molecule has 0 saturated heterocycles. The lowest BCUT2D eigenvalue weighted by Gasteiger charge is -2.26. The van der Waals surface area contributed by atoms with Crippen LogP contribution in [0.1, 0.15) is 0 Å². The van der Waals surface area contributed by atoms with Gasteiger partial charge in [0.1, 0.15) is 5.58 Å². The molecule has 0 saturated carbocycles. The van der Waals surface area contributed by atoms with Crippen molar-refractivity contribution in [1.82, 2.24) is 4.98 Å². The Labute approximate surface area is 256 Å². The summed E-state index contributed by atoms with van der Waals surface area (Å²) in [5.41, 5.74) is 11.6. The van der Waals surface area contributed by atoms with Crippen LogP contribution in [0, 0.1) is 0 Å². The summed E-state index contributed by atoms with van der Waals surface area (Å²) in [6, 6.07) is 57.6. The van der Waals surface area contributed by atoms with Crippen LogP contribution in [0.5, 0.6) is 0 Å². The van der Waals surface area contributed by atoms with E-state index in [0.29, 0.717) is 5.71 Å². The quantitative estimate of drug-likeness (QED) is 0.201. The SMILES string of the molecule is c1ccc(-c2ccc(N(c3ccc(-c4ccccc4)cc3)c3cccc(-c4cccc5c4oc4ncccc45)c3)cc2)cc1. The van der Waals surface area contributed by atoms with E-state index in [4.69, 9.17) is 4.42 Å². The molecule has 0 N–H and O–H groups in total. The highest BCUT2D eigenvalue weighted by atomic mass is 16.3. The Morgan fingerprint density at radius 1 is 0.409 bits per heavy atom. The molecule has 2 heterocycles. The van der Waals surface area contributed by atoms with E-state index in [2.05, 4.69) is 155 Å². The van der Waals surface area contributed by atoms with Gasteiger partial charge in [0.25, 0.3) is 0 Å². The van der Waals surface area contributed by atoms with Crippen LogP contribution >= 0.6 is 0 Å². The maximum absolute atomic E-state index is 6.29. The second kappa shape index (κ2) is 11.0. The lowest BCUT2D eigenvalue weighted by atomic mass is 10.0. The first kappa shape index (κ1) is 25.8. The maximum atomic E-state index is 6.29. The third-order valence-electron chi connectivity index (χ3n) is 8.16. The Morgan fingerprint density at radius 2 is 0.955 bits per heavy atom. The number of benzene rings is 6. The number of pyridine rings is 1. The average molecular weight is 565 g/mol. The van der Waals surface area contributed by atoms with Crippen molar-refractivity contribution in [3.63, 3.8) is 0 Å². The zero-order valence-corrected chi connectivity index (χ0v) is 24.0. The minimum Gasteiger partial charge on any atom is -0.437 e. The minimum atomic E-state index is 0.657. The Kier molecular flexibility index (Phi) is 6.47. The molecule has 0 spiro atoms. The second-order valence-corrected chi connectivity index (χ2v) is 10.9. The zero-order chi connectivity index (χ0) is 29.3. The molecule has 44 heavy (non-hydrogen) atoms. The summed E-state index contributed by atoms with van der Waals surface area (Å²) in [6.07, 6.45) is 1.77. The molecule has 0 atom stereocenters. The molecule has 3 nitrogen and oxygen atoms in total. The third-order valence-corrected chi connectivity index (χ3v) is 8.16. The van der Waals surface area contributed by atoms with Crippen molar-refractivity contribution in [3.8, 4) is 33.4 Å². The van der Waals surface area contributed by atoms with Crippen LogP contribution in [0.25, 0.3) is 55.4 Å². The number of anilines is 3. The van der Waals surface area contributed by atoms with Gasteiger partial charge in [-0.2, -0.15) is 0 Å². The lowest BCUT2D eigenvalue weighted by Crippen LogP contribution is -2.10. The van der Waals surface area contributed by atoms with Gasteiger partial charge in [0.2, 0.25) is 5.71 Å². The highest BCUT2D eigenvalue weighted by Crippen LogP contribution is 2.40. The number of fused-ring (bicyclic) bond motifs is 3. The first-order valence-corrected chi connectivity index (χ1v) is 14.8. The highest BCUT2D eigenvalue weighted by Gasteiger charge is 2.17. The molecule has 208 valence electrons. The van der Waals surface area contributed by atoms with Crippen LogP contribution in [-0.2, 0) is 0 Å². The number of para-hydroxylation sites is 1. The van der Waals surface area contributed by atoms with Crippen LogP contribution in [0.15, 0.2) is 174 Å². The molecule has 0 aliphatic rings. The van der Waals surface area contributed by atoms with Crippen LogP contribution in [-0.4, -0.2) is 4.98 Å². The van der Waals surface area contributed by atoms with Gasteiger partial charge in [0.05, 0.1) is 0 Å². The molecule has 0 radical (unpaired) electrons. The van der Waals surface area contributed by atoms with E-state index in [0.717, 1.165) is 44.5 Å². The van der Waals surface area contributed by atoms with Gasteiger partial charge in [0, 0.05) is 39.6 Å². The molecule has 0 bridgehead atoms. The third kappa shape index (κ3) is 4.71. The predicted octanol–water partition coefficient (Wildman–Crippen LogP) is 11.5. The van der Waals surface area contributed by atoms with Gasteiger partial charge >= 0.3 is 0 Å². The number of furan rings is 1. The summed E-state index contributed by atoms with van der Waals surface area (Å²) >= 11 is 0. The summed E-state index contributed by atoms with van der Waals surface area (Å²) in [5, 5.41) is 2.10. The van der Waals surface area contributed by atoms with Gasteiger partial charge in [-0.25, -0.2) is 4.98 Å². The first-order chi connectivity index (χ1) is 21.8. The van der Waals surface area contributed by atoms with E-state index in [1.807, 2.05) is 18.2 Å². The summed E-state index contributed by atoms with van der Waals surface area (Å²) < 4.78 is 6.29. The van der Waals surface area contributed by atoms with Crippen molar-refractivity contribution in [2.24, 2.45) is 0 Å². The van der Waals surface area contributed by atoms with Gasteiger partial charge in [-0.1, -0.05) is 115 Å². The maximum Gasteiger partial charge on any atom is 0.227 e. The molecule has 6 aromatic carbocycles. The first-order valence-electron chi connectivity index (χ1n) is 14.8. The number of rotatable bonds is 6. The summed E-state index contributed by atoms with van der Waals surface area (Å²) in [5.74, 6) is 0. The van der Waals surface area contributed by atoms with E-state index in [9.17, 15) is 0 Å².